The van der Waals surface area contributed by atoms with Gasteiger partial charge in [0, 0.05) is 16.7 Å². The highest BCUT2D eigenvalue weighted by atomic mass is 35.5. The number of benzene rings is 2. The summed E-state index contributed by atoms with van der Waals surface area (Å²) >= 11 is 6.07. The van der Waals surface area contributed by atoms with E-state index in [2.05, 4.69) is 0 Å². The van der Waals surface area contributed by atoms with Crippen molar-refractivity contribution in [3.63, 3.8) is 0 Å². The van der Waals surface area contributed by atoms with Crippen LogP contribution in [0.2, 0.25) is 5.02 Å². The number of ether oxygens (including phenoxy) is 2. The highest BCUT2D eigenvalue weighted by Gasteiger charge is 2.01. The summed E-state index contributed by atoms with van der Waals surface area (Å²) in [7, 11) is 0. The molecule has 0 radical (unpaired) electrons. The molecule has 0 unspecified atom stereocenters. The SMILES string of the molecule is CCOc1cccc(OCc2ccccc2Cl)c1. The number of hydrogen-bond acceptors (Lipinski definition) is 2. The number of hydrogen-bond donors (Lipinski definition) is 0. The van der Waals surface area contributed by atoms with Crippen LogP contribution in [0.5, 0.6) is 11.5 Å². The van der Waals surface area contributed by atoms with Crippen LogP contribution < -0.4 is 9.47 Å². The van der Waals surface area contributed by atoms with Gasteiger partial charge in [0.2, 0.25) is 0 Å². The topological polar surface area (TPSA) is 18.5 Å². The molecule has 0 aliphatic carbocycles. The zero-order valence-electron chi connectivity index (χ0n) is 10.2. The van der Waals surface area contributed by atoms with Crippen LogP contribution in [0.1, 0.15) is 12.5 Å². The Morgan fingerprint density at radius 3 is 2.39 bits per heavy atom. The maximum Gasteiger partial charge on any atom is 0.123 e. The third kappa shape index (κ3) is 3.41. The molecule has 0 aromatic heterocycles. The Bertz CT molecular complexity index is 511. The van der Waals surface area contributed by atoms with Crippen molar-refractivity contribution in [3.8, 4) is 11.5 Å². The Morgan fingerprint density at radius 2 is 1.67 bits per heavy atom. The van der Waals surface area contributed by atoms with E-state index in [4.69, 9.17) is 21.1 Å². The molecule has 0 spiro atoms. The molecule has 2 rings (SSSR count). The predicted molar refractivity (Wildman–Crippen MR) is 73.4 cm³/mol. The first-order valence-corrected chi connectivity index (χ1v) is 6.26. The van der Waals surface area contributed by atoms with Gasteiger partial charge in [0.1, 0.15) is 18.1 Å². The summed E-state index contributed by atoms with van der Waals surface area (Å²) in [6, 6.07) is 15.3. The normalized spacial score (nSPS) is 10.1. The minimum absolute atomic E-state index is 0.454. The van der Waals surface area contributed by atoms with Gasteiger partial charge in [-0.25, -0.2) is 0 Å². The summed E-state index contributed by atoms with van der Waals surface area (Å²) in [4.78, 5) is 0. The molecule has 0 aliphatic heterocycles. The highest BCUT2D eigenvalue weighted by molar-refractivity contribution is 6.31. The Balaban J connectivity index is 2.02. The number of halogens is 1. The lowest BCUT2D eigenvalue weighted by atomic mass is 10.2. The van der Waals surface area contributed by atoms with Gasteiger partial charge < -0.3 is 9.47 Å². The molecule has 2 aromatic rings. The fourth-order valence-electron chi connectivity index (χ4n) is 1.60. The summed E-state index contributed by atoms with van der Waals surface area (Å²) < 4.78 is 11.1. The zero-order valence-corrected chi connectivity index (χ0v) is 11.0. The summed E-state index contributed by atoms with van der Waals surface area (Å²) in [5, 5.41) is 0.721. The monoisotopic (exact) mass is 262 g/mol. The predicted octanol–water partition coefficient (Wildman–Crippen LogP) is 4.32. The lowest BCUT2D eigenvalue weighted by Crippen LogP contribution is -1.97. The van der Waals surface area contributed by atoms with E-state index in [-0.39, 0.29) is 0 Å². The lowest BCUT2D eigenvalue weighted by Gasteiger charge is -2.09. The van der Waals surface area contributed by atoms with Crippen molar-refractivity contribution < 1.29 is 9.47 Å². The second kappa shape index (κ2) is 6.31. The first-order valence-electron chi connectivity index (χ1n) is 5.88. The van der Waals surface area contributed by atoms with Crippen LogP contribution in [0.15, 0.2) is 48.5 Å². The molecule has 2 aromatic carbocycles. The van der Waals surface area contributed by atoms with Crippen molar-refractivity contribution in [2.24, 2.45) is 0 Å². The van der Waals surface area contributed by atoms with E-state index in [0.29, 0.717) is 13.2 Å². The third-order valence-electron chi connectivity index (χ3n) is 2.47. The summed E-state index contributed by atoms with van der Waals surface area (Å²) in [5.41, 5.74) is 0.973. The van der Waals surface area contributed by atoms with Crippen LogP contribution >= 0.6 is 11.6 Å². The van der Waals surface area contributed by atoms with E-state index < -0.39 is 0 Å². The molecular weight excluding hydrogens is 248 g/mol. The van der Waals surface area contributed by atoms with Crippen molar-refractivity contribution in [2.75, 3.05) is 6.61 Å². The van der Waals surface area contributed by atoms with E-state index >= 15 is 0 Å². The summed E-state index contributed by atoms with van der Waals surface area (Å²) in [6.45, 7) is 3.06. The molecule has 0 heterocycles. The second-order valence-electron chi connectivity index (χ2n) is 3.79. The standard InChI is InChI=1S/C15H15ClO2/c1-2-17-13-7-5-8-14(10-13)18-11-12-6-3-4-9-15(12)16/h3-10H,2,11H2,1H3. The Kier molecular flexibility index (Phi) is 4.48. The van der Waals surface area contributed by atoms with E-state index in [0.717, 1.165) is 22.1 Å². The average molecular weight is 263 g/mol. The van der Waals surface area contributed by atoms with Gasteiger partial charge in [-0.1, -0.05) is 35.9 Å². The fraction of sp³-hybridized carbons (Fsp3) is 0.200. The van der Waals surface area contributed by atoms with Gasteiger partial charge in [0.15, 0.2) is 0 Å². The molecule has 0 bridgehead atoms. The van der Waals surface area contributed by atoms with E-state index in [1.54, 1.807) is 0 Å². The van der Waals surface area contributed by atoms with Crippen LogP contribution in [-0.4, -0.2) is 6.61 Å². The van der Waals surface area contributed by atoms with Gasteiger partial charge >= 0.3 is 0 Å². The van der Waals surface area contributed by atoms with Gasteiger partial charge in [-0.15, -0.1) is 0 Å². The molecule has 18 heavy (non-hydrogen) atoms. The highest BCUT2D eigenvalue weighted by Crippen LogP contribution is 2.22. The van der Waals surface area contributed by atoms with Gasteiger partial charge in [-0.05, 0) is 25.1 Å². The minimum Gasteiger partial charge on any atom is -0.494 e. The van der Waals surface area contributed by atoms with E-state index in [9.17, 15) is 0 Å². The summed E-state index contributed by atoms with van der Waals surface area (Å²) in [6.07, 6.45) is 0. The molecule has 0 atom stereocenters. The average Bonchev–Trinajstić information content (AvgIpc) is 2.39. The van der Waals surface area contributed by atoms with Gasteiger partial charge in [0.05, 0.1) is 6.61 Å². The minimum atomic E-state index is 0.454. The van der Waals surface area contributed by atoms with Crippen LogP contribution in [0.25, 0.3) is 0 Å². The molecule has 3 heteroatoms. The quantitative estimate of drug-likeness (QED) is 0.799. The molecule has 2 nitrogen and oxygen atoms in total. The molecule has 0 saturated heterocycles. The van der Waals surface area contributed by atoms with Crippen LogP contribution in [0.3, 0.4) is 0 Å². The van der Waals surface area contributed by atoms with Crippen molar-refractivity contribution in [1.29, 1.82) is 0 Å². The molecule has 0 N–H and O–H groups in total. The zero-order chi connectivity index (χ0) is 12.8. The van der Waals surface area contributed by atoms with Crippen LogP contribution in [0, 0.1) is 0 Å². The Morgan fingerprint density at radius 1 is 0.944 bits per heavy atom. The van der Waals surface area contributed by atoms with E-state index in [1.165, 1.54) is 0 Å². The second-order valence-corrected chi connectivity index (χ2v) is 4.20. The van der Waals surface area contributed by atoms with Crippen molar-refractivity contribution >= 4 is 11.6 Å². The molecule has 0 amide bonds. The maximum absolute atomic E-state index is 6.07. The fourth-order valence-corrected chi connectivity index (χ4v) is 1.79. The van der Waals surface area contributed by atoms with E-state index in [1.807, 2.05) is 55.5 Å². The first-order chi connectivity index (χ1) is 8.79. The number of rotatable bonds is 5. The molecule has 0 saturated carbocycles. The molecular formula is C15H15ClO2. The maximum atomic E-state index is 6.07. The van der Waals surface area contributed by atoms with Gasteiger partial charge in [0.25, 0.3) is 0 Å². The lowest BCUT2D eigenvalue weighted by molar-refractivity contribution is 0.299. The largest absolute Gasteiger partial charge is 0.494 e. The Hall–Kier alpha value is -1.67. The first kappa shape index (κ1) is 12.8. The van der Waals surface area contributed by atoms with Gasteiger partial charge in [-0.3, -0.25) is 0 Å². The molecule has 94 valence electrons. The van der Waals surface area contributed by atoms with Crippen molar-refractivity contribution in [3.05, 3.63) is 59.1 Å². The molecule has 0 aliphatic rings. The van der Waals surface area contributed by atoms with Crippen LogP contribution in [-0.2, 0) is 6.61 Å². The smallest absolute Gasteiger partial charge is 0.123 e. The van der Waals surface area contributed by atoms with Crippen molar-refractivity contribution in [1.82, 2.24) is 0 Å². The van der Waals surface area contributed by atoms with Crippen molar-refractivity contribution in [2.45, 2.75) is 13.5 Å². The third-order valence-corrected chi connectivity index (χ3v) is 2.84. The van der Waals surface area contributed by atoms with Gasteiger partial charge in [-0.2, -0.15) is 0 Å². The Labute approximate surface area is 112 Å². The van der Waals surface area contributed by atoms with Crippen LogP contribution in [0.4, 0.5) is 0 Å². The summed E-state index contributed by atoms with van der Waals surface area (Å²) in [5.74, 6) is 1.59. The molecule has 0 fully saturated rings.